The van der Waals surface area contributed by atoms with Gasteiger partial charge in [-0.1, -0.05) is 0 Å². The van der Waals surface area contributed by atoms with E-state index in [4.69, 9.17) is 0 Å². The van der Waals surface area contributed by atoms with Gasteiger partial charge in [-0.05, 0) is 32.0 Å². The van der Waals surface area contributed by atoms with Crippen molar-refractivity contribution in [3.63, 3.8) is 0 Å². The maximum absolute atomic E-state index is 12.2. The molecule has 0 spiro atoms. The van der Waals surface area contributed by atoms with Crippen molar-refractivity contribution in [3.8, 4) is 0 Å². The monoisotopic (exact) mass is 307 g/mol. The van der Waals surface area contributed by atoms with E-state index in [1.807, 2.05) is 0 Å². The fraction of sp³-hybridized carbons (Fsp3) is 0.500. The zero-order chi connectivity index (χ0) is 13.2. The first-order chi connectivity index (χ1) is 8.51. The molecule has 1 aromatic rings. The number of rotatable bonds is 3. The lowest BCUT2D eigenvalue weighted by Gasteiger charge is -2.22. The Hall–Kier alpha value is -1.25. The first-order valence-corrected chi connectivity index (χ1v) is 7.11. The molecule has 19 heavy (non-hydrogen) atoms. The third-order valence-corrected chi connectivity index (χ3v) is 5.12. The molecule has 0 aliphatic carbocycles. The van der Waals surface area contributed by atoms with Crippen molar-refractivity contribution < 1.29 is 13.3 Å². The summed E-state index contributed by atoms with van der Waals surface area (Å²) >= 11 is 0. The molecule has 0 amide bonds. The third-order valence-electron chi connectivity index (χ3n) is 2.95. The van der Waals surface area contributed by atoms with Gasteiger partial charge in [0, 0.05) is 6.07 Å². The quantitative estimate of drug-likeness (QED) is 0.658. The van der Waals surface area contributed by atoms with Crippen LogP contribution in [-0.2, 0) is 9.84 Å². The van der Waals surface area contributed by atoms with Crippen molar-refractivity contribution in [2.24, 2.45) is 0 Å². The molecule has 0 atom stereocenters. The lowest BCUT2D eigenvalue weighted by atomic mass is 10.2. The van der Waals surface area contributed by atoms with Crippen LogP contribution in [0.25, 0.3) is 0 Å². The molecule has 1 aliphatic heterocycles. The van der Waals surface area contributed by atoms with Gasteiger partial charge in [0.1, 0.15) is 6.20 Å². The van der Waals surface area contributed by atoms with Crippen molar-refractivity contribution >= 4 is 27.9 Å². The number of sulfone groups is 1. The maximum Gasteiger partial charge on any atom is 0.287 e. The molecule has 0 radical (unpaired) electrons. The Balaban J connectivity index is 0.00000180. The summed E-state index contributed by atoms with van der Waals surface area (Å²) in [6, 6.07) is 2.37. The van der Waals surface area contributed by atoms with Crippen molar-refractivity contribution in [2.75, 3.05) is 13.1 Å². The third kappa shape index (κ3) is 3.40. The van der Waals surface area contributed by atoms with Crippen molar-refractivity contribution in [1.82, 2.24) is 10.3 Å². The predicted octanol–water partition coefficient (Wildman–Crippen LogP) is 0.937. The molecule has 1 aliphatic rings. The Morgan fingerprint density at radius 2 is 1.95 bits per heavy atom. The van der Waals surface area contributed by atoms with Crippen LogP contribution >= 0.6 is 12.4 Å². The van der Waals surface area contributed by atoms with Crippen LogP contribution in [0.2, 0.25) is 0 Å². The summed E-state index contributed by atoms with van der Waals surface area (Å²) < 4.78 is 24.4. The smallest absolute Gasteiger partial charge is 0.287 e. The summed E-state index contributed by atoms with van der Waals surface area (Å²) in [6.07, 6.45) is 2.07. The summed E-state index contributed by atoms with van der Waals surface area (Å²) in [7, 11) is -3.48. The maximum atomic E-state index is 12.2. The first-order valence-electron chi connectivity index (χ1n) is 5.57. The molecule has 1 fully saturated rings. The van der Waals surface area contributed by atoms with Gasteiger partial charge >= 0.3 is 0 Å². The number of nitrogens with zero attached hydrogens (tertiary/aromatic N) is 2. The number of nitrogens with one attached hydrogen (secondary N) is 1. The Bertz CT molecular complexity index is 540. The molecular formula is C10H14ClN3O4S. The van der Waals surface area contributed by atoms with Gasteiger partial charge < -0.3 is 5.32 Å². The zero-order valence-electron chi connectivity index (χ0n) is 9.98. The molecule has 1 aromatic heterocycles. The van der Waals surface area contributed by atoms with E-state index in [0.29, 0.717) is 25.9 Å². The number of pyridine rings is 1. The van der Waals surface area contributed by atoms with E-state index < -0.39 is 20.0 Å². The van der Waals surface area contributed by atoms with E-state index in [9.17, 15) is 18.5 Å². The summed E-state index contributed by atoms with van der Waals surface area (Å²) in [6.45, 7) is 1.33. The highest BCUT2D eigenvalue weighted by atomic mass is 35.5. The highest BCUT2D eigenvalue weighted by Crippen LogP contribution is 2.21. The van der Waals surface area contributed by atoms with Crippen LogP contribution in [0.5, 0.6) is 0 Å². The predicted molar refractivity (Wildman–Crippen MR) is 71.2 cm³/mol. The summed E-state index contributed by atoms with van der Waals surface area (Å²) in [5.74, 6) is 0. The Labute approximate surface area is 116 Å². The Morgan fingerprint density at radius 1 is 1.32 bits per heavy atom. The van der Waals surface area contributed by atoms with Gasteiger partial charge in [0.15, 0.2) is 14.9 Å². The minimum Gasteiger partial charge on any atom is -0.317 e. The van der Waals surface area contributed by atoms with E-state index in [1.54, 1.807) is 0 Å². The highest BCUT2D eigenvalue weighted by Gasteiger charge is 2.30. The van der Waals surface area contributed by atoms with Crippen molar-refractivity contribution in [2.45, 2.75) is 23.1 Å². The molecule has 0 unspecified atom stereocenters. The van der Waals surface area contributed by atoms with Crippen LogP contribution in [0.15, 0.2) is 23.4 Å². The molecule has 0 aromatic carbocycles. The van der Waals surface area contributed by atoms with Gasteiger partial charge in [-0.25, -0.2) is 13.4 Å². The number of hydrogen-bond acceptors (Lipinski definition) is 6. The number of piperidine rings is 1. The van der Waals surface area contributed by atoms with E-state index >= 15 is 0 Å². The van der Waals surface area contributed by atoms with Crippen LogP contribution in [0, 0.1) is 10.1 Å². The average Bonchev–Trinajstić information content (AvgIpc) is 2.40. The SMILES string of the molecule is Cl.O=[N+]([O-])c1ccc(S(=O)(=O)C2CCNCC2)nc1. The number of aromatic nitrogens is 1. The fourth-order valence-electron chi connectivity index (χ4n) is 1.93. The number of halogens is 1. The largest absolute Gasteiger partial charge is 0.317 e. The lowest BCUT2D eigenvalue weighted by molar-refractivity contribution is -0.385. The van der Waals surface area contributed by atoms with E-state index in [2.05, 4.69) is 10.3 Å². The van der Waals surface area contributed by atoms with Gasteiger partial charge in [-0.2, -0.15) is 0 Å². The van der Waals surface area contributed by atoms with Gasteiger partial charge in [-0.15, -0.1) is 12.4 Å². The van der Waals surface area contributed by atoms with E-state index in [1.165, 1.54) is 12.1 Å². The Morgan fingerprint density at radius 3 is 2.42 bits per heavy atom. The summed E-state index contributed by atoms with van der Waals surface area (Å²) in [5, 5.41) is 13.0. The zero-order valence-corrected chi connectivity index (χ0v) is 11.6. The lowest BCUT2D eigenvalue weighted by Crippen LogP contribution is -2.36. The second-order valence-electron chi connectivity index (χ2n) is 4.11. The van der Waals surface area contributed by atoms with Gasteiger partial charge in [0.2, 0.25) is 0 Å². The van der Waals surface area contributed by atoms with Gasteiger partial charge in [-0.3, -0.25) is 10.1 Å². The molecule has 7 nitrogen and oxygen atoms in total. The molecule has 2 heterocycles. The molecule has 1 saturated heterocycles. The van der Waals surface area contributed by atoms with Gasteiger partial charge in [0.25, 0.3) is 5.69 Å². The van der Waals surface area contributed by atoms with Crippen LogP contribution < -0.4 is 5.32 Å². The summed E-state index contributed by atoms with van der Waals surface area (Å²) in [4.78, 5) is 13.6. The Kier molecular flexibility index (Phi) is 5.21. The molecule has 9 heteroatoms. The van der Waals surface area contributed by atoms with E-state index in [-0.39, 0.29) is 23.1 Å². The van der Waals surface area contributed by atoms with Crippen LogP contribution in [0.1, 0.15) is 12.8 Å². The van der Waals surface area contributed by atoms with Crippen molar-refractivity contribution in [1.29, 1.82) is 0 Å². The van der Waals surface area contributed by atoms with Crippen LogP contribution in [-0.4, -0.2) is 36.7 Å². The molecule has 0 saturated carbocycles. The standard InChI is InChI=1S/C10H13N3O4S.ClH/c14-13(15)8-1-2-10(12-7-8)18(16,17)9-3-5-11-6-4-9;/h1-2,7,9,11H,3-6H2;1H. The molecule has 0 bridgehead atoms. The topological polar surface area (TPSA) is 102 Å². The fourth-order valence-corrected chi connectivity index (χ4v) is 3.58. The minimum atomic E-state index is -3.48. The van der Waals surface area contributed by atoms with Gasteiger partial charge in [0.05, 0.1) is 10.2 Å². The average molecular weight is 308 g/mol. The van der Waals surface area contributed by atoms with Crippen LogP contribution in [0.3, 0.4) is 0 Å². The highest BCUT2D eigenvalue weighted by molar-refractivity contribution is 7.92. The molecule has 1 N–H and O–H groups in total. The number of nitro groups is 1. The van der Waals surface area contributed by atoms with E-state index in [0.717, 1.165) is 6.20 Å². The van der Waals surface area contributed by atoms with Crippen LogP contribution in [0.4, 0.5) is 5.69 Å². The molecule has 2 rings (SSSR count). The molecule has 106 valence electrons. The summed E-state index contributed by atoms with van der Waals surface area (Å²) in [5.41, 5.74) is -0.209. The molecular weight excluding hydrogens is 294 g/mol. The van der Waals surface area contributed by atoms with Crippen molar-refractivity contribution in [3.05, 3.63) is 28.4 Å². The number of hydrogen-bond donors (Lipinski definition) is 1. The normalized spacial score (nSPS) is 16.6. The second-order valence-corrected chi connectivity index (χ2v) is 6.28. The minimum absolute atomic E-state index is 0. The second kappa shape index (κ2) is 6.27. The first kappa shape index (κ1) is 15.8.